The van der Waals surface area contributed by atoms with Crippen molar-refractivity contribution in [1.82, 2.24) is 0 Å². The van der Waals surface area contributed by atoms with Gasteiger partial charge >= 0.3 is 0 Å². The van der Waals surface area contributed by atoms with Crippen LogP contribution in [0.1, 0.15) is 9.67 Å². The number of carbonyl (C=O) groups excluding carboxylic acids is 1. The van der Waals surface area contributed by atoms with E-state index in [9.17, 15) is 14.9 Å². The molecular weight excluding hydrogens is 276 g/mol. The molecule has 1 amide bonds. The Morgan fingerprint density at radius 1 is 1.28 bits per heavy atom. The summed E-state index contributed by atoms with van der Waals surface area (Å²) in [5.74, 6) is -0.416. The fourth-order valence-electron chi connectivity index (χ4n) is 1.36. The Morgan fingerprint density at radius 2 is 2.00 bits per heavy atom. The Morgan fingerprint density at radius 3 is 2.61 bits per heavy atom. The summed E-state index contributed by atoms with van der Waals surface area (Å²) in [6.45, 7) is 0. The van der Waals surface area contributed by atoms with Crippen molar-refractivity contribution in [2.45, 2.75) is 0 Å². The molecule has 7 heteroatoms. The quantitative estimate of drug-likeness (QED) is 0.691. The van der Waals surface area contributed by atoms with Gasteiger partial charge in [-0.25, -0.2) is 0 Å². The monoisotopic (exact) mass is 282 g/mol. The minimum absolute atomic E-state index is 0.145. The van der Waals surface area contributed by atoms with E-state index in [1.165, 1.54) is 18.2 Å². The average molecular weight is 283 g/mol. The molecule has 0 aliphatic rings. The molecule has 1 heterocycles. The van der Waals surface area contributed by atoms with Gasteiger partial charge in [0.1, 0.15) is 5.69 Å². The predicted molar refractivity (Wildman–Crippen MR) is 70.4 cm³/mol. The molecule has 0 unspecified atom stereocenters. The third-order valence-corrected chi connectivity index (χ3v) is 3.38. The lowest BCUT2D eigenvalue weighted by atomic mass is 10.2. The largest absolute Gasteiger partial charge is 0.316 e. The van der Waals surface area contributed by atoms with Crippen LogP contribution in [0.2, 0.25) is 4.34 Å². The van der Waals surface area contributed by atoms with E-state index in [0.717, 1.165) is 11.3 Å². The van der Waals surface area contributed by atoms with Gasteiger partial charge < -0.3 is 5.32 Å². The summed E-state index contributed by atoms with van der Waals surface area (Å²) >= 11 is 6.83. The highest BCUT2D eigenvalue weighted by molar-refractivity contribution is 7.18. The highest BCUT2D eigenvalue weighted by Crippen LogP contribution is 2.26. The van der Waals surface area contributed by atoms with Gasteiger partial charge in [0, 0.05) is 6.07 Å². The molecule has 0 aliphatic carbocycles. The highest BCUT2D eigenvalue weighted by Gasteiger charge is 2.16. The summed E-state index contributed by atoms with van der Waals surface area (Å²) in [4.78, 5) is 22.5. The highest BCUT2D eigenvalue weighted by atomic mass is 35.5. The molecule has 0 fully saturated rings. The Balaban J connectivity index is 2.24. The zero-order valence-corrected chi connectivity index (χ0v) is 10.5. The standard InChI is InChI=1S/C11H7ClN2O3S/c12-10-6-5-9(18-10)11(15)13-7-3-1-2-4-8(7)14(16)17/h1-6H,(H,13,15). The summed E-state index contributed by atoms with van der Waals surface area (Å²) in [6.07, 6.45) is 0. The van der Waals surface area contributed by atoms with Crippen LogP contribution in [0.3, 0.4) is 0 Å². The van der Waals surface area contributed by atoms with Crippen LogP contribution >= 0.6 is 22.9 Å². The first-order chi connectivity index (χ1) is 8.58. The van der Waals surface area contributed by atoms with E-state index < -0.39 is 10.8 Å². The number of halogens is 1. The van der Waals surface area contributed by atoms with Crippen molar-refractivity contribution in [1.29, 1.82) is 0 Å². The molecule has 0 radical (unpaired) electrons. The number of rotatable bonds is 3. The van der Waals surface area contributed by atoms with Crippen LogP contribution in [0.25, 0.3) is 0 Å². The van der Waals surface area contributed by atoms with E-state index in [0.29, 0.717) is 9.21 Å². The molecule has 18 heavy (non-hydrogen) atoms. The maximum Gasteiger partial charge on any atom is 0.292 e. The third-order valence-electron chi connectivity index (χ3n) is 2.15. The molecule has 0 atom stereocenters. The molecule has 2 aromatic rings. The summed E-state index contributed by atoms with van der Waals surface area (Å²) in [6, 6.07) is 9.12. The smallest absolute Gasteiger partial charge is 0.292 e. The van der Waals surface area contributed by atoms with E-state index in [1.807, 2.05) is 0 Å². The average Bonchev–Trinajstić information content (AvgIpc) is 2.76. The van der Waals surface area contributed by atoms with Crippen LogP contribution in [0.15, 0.2) is 36.4 Å². The minimum Gasteiger partial charge on any atom is -0.316 e. The van der Waals surface area contributed by atoms with Crippen molar-refractivity contribution in [3.8, 4) is 0 Å². The second kappa shape index (κ2) is 5.16. The van der Waals surface area contributed by atoms with E-state index in [-0.39, 0.29) is 11.4 Å². The number of hydrogen-bond acceptors (Lipinski definition) is 4. The van der Waals surface area contributed by atoms with Gasteiger partial charge in [-0.05, 0) is 18.2 Å². The summed E-state index contributed by atoms with van der Waals surface area (Å²) < 4.78 is 0.489. The van der Waals surface area contributed by atoms with Crippen molar-refractivity contribution in [3.05, 3.63) is 55.7 Å². The zero-order valence-electron chi connectivity index (χ0n) is 8.92. The number of nitrogens with one attached hydrogen (secondary N) is 1. The van der Waals surface area contributed by atoms with Gasteiger partial charge in [-0.1, -0.05) is 23.7 Å². The number of hydrogen-bond donors (Lipinski definition) is 1. The van der Waals surface area contributed by atoms with Crippen molar-refractivity contribution in [3.63, 3.8) is 0 Å². The molecule has 0 saturated carbocycles. The topological polar surface area (TPSA) is 72.2 Å². The van der Waals surface area contributed by atoms with Crippen molar-refractivity contribution in [2.75, 3.05) is 5.32 Å². The molecule has 0 bridgehead atoms. The van der Waals surface area contributed by atoms with Crippen LogP contribution in [0.4, 0.5) is 11.4 Å². The molecule has 1 aromatic carbocycles. The fraction of sp³-hybridized carbons (Fsp3) is 0. The van der Waals surface area contributed by atoms with Crippen LogP contribution in [0, 0.1) is 10.1 Å². The maximum absolute atomic E-state index is 11.8. The predicted octanol–water partition coefficient (Wildman–Crippen LogP) is 3.56. The van der Waals surface area contributed by atoms with Crippen LogP contribution in [-0.2, 0) is 0 Å². The van der Waals surface area contributed by atoms with Gasteiger partial charge in [0.05, 0.1) is 14.1 Å². The van der Waals surface area contributed by atoms with E-state index >= 15 is 0 Å². The lowest BCUT2D eigenvalue weighted by molar-refractivity contribution is -0.383. The van der Waals surface area contributed by atoms with Gasteiger partial charge in [0.25, 0.3) is 11.6 Å². The van der Waals surface area contributed by atoms with Crippen LogP contribution in [-0.4, -0.2) is 10.8 Å². The fourth-order valence-corrected chi connectivity index (χ4v) is 2.30. The number of nitro groups is 1. The van der Waals surface area contributed by atoms with E-state index in [1.54, 1.807) is 18.2 Å². The molecule has 0 saturated heterocycles. The number of nitro benzene ring substituents is 1. The summed E-state index contributed by atoms with van der Waals surface area (Å²) in [5.41, 5.74) is 0.0190. The molecule has 2 rings (SSSR count). The Hall–Kier alpha value is -1.92. The number of para-hydroxylation sites is 2. The number of anilines is 1. The third kappa shape index (κ3) is 2.66. The molecule has 5 nitrogen and oxygen atoms in total. The SMILES string of the molecule is O=C(Nc1ccccc1[N+](=O)[O-])c1ccc(Cl)s1. The molecule has 0 spiro atoms. The normalized spacial score (nSPS) is 10.1. The van der Waals surface area contributed by atoms with Crippen LogP contribution in [0.5, 0.6) is 0 Å². The first kappa shape index (κ1) is 12.5. The van der Waals surface area contributed by atoms with Gasteiger partial charge in [-0.3, -0.25) is 14.9 Å². The number of nitrogens with zero attached hydrogens (tertiary/aromatic N) is 1. The molecule has 1 N–H and O–H groups in total. The first-order valence-electron chi connectivity index (χ1n) is 4.88. The Bertz CT molecular complexity index is 612. The van der Waals surface area contributed by atoms with E-state index in [4.69, 9.17) is 11.6 Å². The van der Waals surface area contributed by atoms with Crippen molar-refractivity contribution in [2.24, 2.45) is 0 Å². The summed E-state index contributed by atoms with van der Waals surface area (Å²) in [5, 5.41) is 13.3. The van der Waals surface area contributed by atoms with Crippen molar-refractivity contribution >= 4 is 40.2 Å². The van der Waals surface area contributed by atoms with Crippen molar-refractivity contribution < 1.29 is 9.72 Å². The number of thiophene rings is 1. The number of carbonyl (C=O) groups is 1. The van der Waals surface area contributed by atoms with Gasteiger partial charge in [0.2, 0.25) is 0 Å². The van der Waals surface area contributed by atoms with Gasteiger partial charge in [-0.15, -0.1) is 11.3 Å². The first-order valence-corrected chi connectivity index (χ1v) is 6.07. The minimum atomic E-state index is -0.545. The van der Waals surface area contributed by atoms with Gasteiger partial charge in [-0.2, -0.15) is 0 Å². The molecule has 0 aliphatic heterocycles. The number of benzene rings is 1. The lowest BCUT2D eigenvalue weighted by Crippen LogP contribution is -2.11. The zero-order chi connectivity index (χ0) is 13.1. The van der Waals surface area contributed by atoms with Gasteiger partial charge in [0.15, 0.2) is 0 Å². The van der Waals surface area contributed by atoms with E-state index in [2.05, 4.69) is 5.32 Å². The molecule has 1 aromatic heterocycles. The molecule has 92 valence electrons. The maximum atomic E-state index is 11.8. The molecular formula is C11H7ClN2O3S. The van der Waals surface area contributed by atoms with Crippen LogP contribution < -0.4 is 5.32 Å². The Kier molecular flexibility index (Phi) is 3.59. The second-order valence-corrected chi connectivity index (χ2v) is 5.05. The Labute approximate surface area is 111 Å². The lowest BCUT2D eigenvalue weighted by Gasteiger charge is -2.03. The number of amides is 1. The second-order valence-electron chi connectivity index (χ2n) is 3.33. The summed E-state index contributed by atoms with van der Waals surface area (Å²) in [7, 11) is 0.